The van der Waals surface area contributed by atoms with Crippen molar-refractivity contribution >= 4 is 11.8 Å². The van der Waals surface area contributed by atoms with Gasteiger partial charge in [0.1, 0.15) is 0 Å². The van der Waals surface area contributed by atoms with Crippen LogP contribution >= 0.6 is 11.8 Å². The average molecular weight is 291 g/mol. The van der Waals surface area contributed by atoms with Crippen LogP contribution in [0.5, 0.6) is 0 Å². The Hall–Kier alpha value is 0.270. The maximum Gasteiger partial charge on any atom is 0.0556 e. The molecule has 0 fully saturated rings. The Kier molecular flexibility index (Phi) is 18.5. The molecule has 0 saturated heterocycles. The number of unbranched alkanes of at least 4 members (excludes halogenated alkanes) is 9. The van der Waals surface area contributed by atoms with Gasteiger partial charge >= 0.3 is 0 Å². The number of hydrogen-bond acceptors (Lipinski definition) is 3. The van der Waals surface area contributed by atoms with Gasteiger partial charge in [-0.15, -0.1) is 0 Å². The minimum absolute atomic E-state index is 0.281. The first-order chi connectivity index (χ1) is 9.41. The molecule has 116 valence electrons. The van der Waals surface area contributed by atoms with Crippen LogP contribution in [0.1, 0.15) is 71.1 Å². The Labute approximate surface area is 124 Å². The fourth-order valence-electron chi connectivity index (χ4n) is 2.08. The van der Waals surface area contributed by atoms with E-state index in [4.69, 9.17) is 9.84 Å². The Morgan fingerprint density at radius 2 is 1.32 bits per heavy atom. The minimum Gasteiger partial charge on any atom is -0.396 e. The van der Waals surface area contributed by atoms with Crippen molar-refractivity contribution in [1.29, 1.82) is 0 Å². The van der Waals surface area contributed by atoms with E-state index in [1.165, 1.54) is 64.2 Å². The lowest BCUT2D eigenvalue weighted by molar-refractivity contribution is 0.145. The first-order valence-electron chi connectivity index (χ1n) is 8.18. The monoisotopic (exact) mass is 290 g/mol. The maximum absolute atomic E-state index is 8.61. The van der Waals surface area contributed by atoms with E-state index in [-0.39, 0.29) is 6.61 Å². The zero-order valence-electron chi connectivity index (χ0n) is 12.9. The van der Waals surface area contributed by atoms with Gasteiger partial charge in [-0.25, -0.2) is 0 Å². The van der Waals surface area contributed by atoms with Gasteiger partial charge in [0.15, 0.2) is 0 Å². The Balaban J connectivity index is 2.88. The van der Waals surface area contributed by atoms with Crippen LogP contribution in [-0.2, 0) is 4.74 Å². The van der Waals surface area contributed by atoms with E-state index in [0.29, 0.717) is 0 Å². The van der Waals surface area contributed by atoms with E-state index < -0.39 is 0 Å². The van der Waals surface area contributed by atoms with Gasteiger partial charge < -0.3 is 9.84 Å². The predicted octanol–water partition coefficient (Wildman–Crippen LogP) is 4.65. The van der Waals surface area contributed by atoms with Crippen molar-refractivity contribution in [2.75, 3.05) is 31.3 Å². The van der Waals surface area contributed by atoms with E-state index >= 15 is 0 Å². The first-order valence-corrected chi connectivity index (χ1v) is 9.33. The molecule has 0 amide bonds. The zero-order valence-corrected chi connectivity index (χ0v) is 13.7. The summed E-state index contributed by atoms with van der Waals surface area (Å²) in [7, 11) is 0. The summed E-state index contributed by atoms with van der Waals surface area (Å²) in [6, 6.07) is 0. The second-order valence-corrected chi connectivity index (χ2v) is 6.36. The van der Waals surface area contributed by atoms with Gasteiger partial charge in [0.2, 0.25) is 0 Å². The first kappa shape index (κ1) is 19.3. The van der Waals surface area contributed by atoms with Gasteiger partial charge in [-0.05, 0) is 6.42 Å². The van der Waals surface area contributed by atoms with Crippen LogP contribution in [0, 0.1) is 0 Å². The van der Waals surface area contributed by atoms with Crippen LogP contribution in [0.2, 0.25) is 0 Å². The number of aliphatic hydroxyl groups is 1. The van der Waals surface area contributed by atoms with Gasteiger partial charge in [-0.3, -0.25) is 0 Å². The lowest BCUT2D eigenvalue weighted by Gasteiger charge is -2.04. The van der Waals surface area contributed by atoms with Crippen molar-refractivity contribution in [1.82, 2.24) is 0 Å². The summed E-state index contributed by atoms with van der Waals surface area (Å²) in [4.78, 5) is 0. The Morgan fingerprint density at radius 3 is 1.89 bits per heavy atom. The summed E-state index contributed by atoms with van der Waals surface area (Å²) in [6.45, 7) is 4.30. The quantitative estimate of drug-likeness (QED) is 0.420. The molecule has 0 aromatic rings. The van der Waals surface area contributed by atoms with Crippen molar-refractivity contribution in [2.24, 2.45) is 0 Å². The van der Waals surface area contributed by atoms with Crippen molar-refractivity contribution in [3.63, 3.8) is 0 Å². The molecule has 0 aliphatic heterocycles. The highest BCUT2D eigenvalue weighted by Crippen LogP contribution is 2.10. The van der Waals surface area contributed by atoms with Gasteiger partial charge in [0, 0.05) is 18.1 Å². The summed E-state index contributed by atoms with van der Waals surface area (Å²) in [5, 5.41) is 8.61. The smallest absolute Gasteiger partial charge is 0.0556 e. The maximum atomic E-state index is 8.61. The molecule has 0 bridgehead atoms. The van der Waals surface area contributed by atoms with Crippen molar-refractivity contribution in [2.45, 2.75) is 71.1 Å². The molecule has 3 heteroatoms. The number of rotatable bonds is 16. The van der Waals surface area contributed by atoms with Crippen LogP contribution in [0.15, 0.2) is 0 Å². The van der Waals surface area contributed by atoms with Gasteiger partial charge in [-0.1, -0.05) is 64.7 Å². The molecule has 0 aliphatic rings. The third kappa shape index (κ3) is 18.3. The third-order valence-electron chi connectivity index (χ3n) is 3.25. The minimum atomic E-state index is 0.281. The normalized spacial score (nSPS) is 11.1. The topological polar surface area (TPSA) is 29.5 Å². The van der Waals surface area contributed by atoms with Crippen molar-refractivity contribution in [3.8, 4) is 0 Å². The molecule has 0 aromatic carbocycles. The summed E-state index contributed by atoms with van der Waals surface area (Å²) in [5.41, 5.74) is 0. The number of thioether (sulfide) groups is 1. The van der Waals surface area contributed by atoms with Crippen LogP contribution in [0.25, 0.3) is 0 Å². The predicted molar refractivity (Wildman–Crippen MR) is 87.1 cm³/mol. The standard InChI is InChI=1S/C16H34O2S/c1-2-3-4-5-6-7-8-9-10-11-13-18-14-16-19-15-12-17/h17H,2-16H2,1H3. The molecular weight excluding hydrogens is 256 g/mol. The van der Waals surface area contributed by atoms with Crippen molar-refractivity contribution in [3.05, 3.63) is 0 Å². The molecular formula is C16H34O2S. The van der Waals surface area contributed by atoms with Crippen LogP contribution in [0.3, 0.4) is 0 Å². The molecule has 0 aliphatic carbocycles. The number of hydrogen-bond donors (Lipinski definition) is 1. The number of ether oxygens (including phenoxy) is 1. The summed E-state index contributed by atoms with van der Waals surface area (Å²) >= 11 is 1.76. The number of aliphatic hydroxyl groups excluding tert-OH is 1. The molecule has 0 aromatic heterocycles. The lowest BCUT2D eigenvalue weighted by Crippen LogP contribution is -2.00. The Morgan fingerprint density at radius 1 is 0.737 bits per heavy atom. The highest BCUT2D eigenvalue weighted by atomic mass is 32.2. The van der Waals surface area contributed by atoms with Crippen molar-refractivity contribution < 1.29 is 9.84 Å². The molecule has 0 saturated carbocycles. The van der Waals surface area contributed by atoms with E-state index in [9.17, 15) is 0 Å². The fraction of sp³-hybridized carbons (Fsp3) is 1.00. The summed E-state index contributed by atoms with van der Waals surface area (Å²) < 4.78 is 5.55. The molecule has 2 nitrogen and oxygen atoms in total. The fourth-order valence-corrected chi connectivity index (χ4v) is 2.65. The van der Waals surface area contributed by atoms with Crippen LogP contribution < -0.4 is 0 Å². The van der Waals surface area contributed by atoms with E-state index in [1.807, 2.05) is 0 Å². The third-order valence-corrected chi connectivity index (χ3v) is 4.18. The molecule has 0 heterocycles. The second kappa shape index (κ2) is 18.3. The summed E-state index contributed by atoms with van der Waals surface area (Å²) in [6.07, 6.45) is 13.8. The van der Waals surface area contributed by atoms with Crippen LogP contribution in [-0.4, -0.2) is 36.4 Å². The van der Waals surface area contributed by atoms with E-state index in [0.717, 1.165) is 24.7 Å². The zero-order chi connectivity index (χ0) is 14.0. The van der Waals surface area contributed by atoms with Gasteiger partial charge in [0.05, 0.1) is 13.2 Å². The lowest BCUT2D eigenvalue weighted by atomic mass is 10.1. The molecule has 0 atom stereocenters. The molecule has 1 N–H and O–H groups in total. The van der Waals surface area contributed by atoms with Gasteiger partial charge in [-0.2, -0.15) is 11.8 Å². The summed E-state index contributed by atoms with van der Waals surface area (Å²) in [5.74, 6) is 1.85. The molecule has 0 spiro atoms. The molecule has 0 radical (unpaired) electrons. The molecule has 19 heavy (non-hydrogen) atoms. The van der Waals surface area contributed by atoms with E-state index in [2.05, 4.69) is 6.92 Å². The van der Waals surface area contributed by atoms with Crippen LogP contribution in [0.4, 0.5) is 0 Å². The SMILES string of the molecule is CCCCCCCCCCCCOCCSCCO. The highest BCUT2D eigenvalue weighted by molar-refractivity contribution is 7.99. The van der Waals surface area contributed by atoms with E-state index in [1.54, 1.807) is 11.8 Å². The molecule has 0 unspecified atom stereocenters. The molecule has 0 rings (SSSR count). The largest absolute Gasteiger partial charge is 0.396 e. The highest BCUT2D eigenvalue weighted by Gasteiger charge is 1.93. The second-order valence-electron chi connectivity index (χ2n) is 5.13. The average Bonchev–Trinajstić information content (AvgIpc) is 2.43. The Bertz CT molecular complexity index is 138. The van der Waals surface area contributed by atoms with Gasteiger partial charge in [0.25, 0.3) is 0 Å².